The van der Waals surface area contributed by atoms with E-state index in [0.29, 0.717) is 6.61 Å². The van der Waals surface area contributed by atoms with E-state index in [0.717, 1.165) is 59.6 Å². The van der Waals surface area contributed by atoms with Gasteiger partial charge in [-0.1, -0.05) is 36.4 Å². The number of aromatic nitrogens is 1. The number of ether oxygens (including phenoxy) is 2. The molecule has 5 heteroatoms. The number of aryl methyl sites for hydroxylation is 1. The fourth-order valence-electron chi connectivity index (χ4n) is 4.90. The lowest BCUT2D eigenvalue weighted by Gasteiger charge is -2.32. The quantitative estimate of drug-likeness (QED) is 0.584. The van der Waals surface area contributed by atoms with Crippen LogP contribution in [0.25, 0.3) is 11.1 Å². The first-order chi connectivity index (χ1) is 15.6. The van der Waals surface area contributed by atoms with Gasteiger partial charge >= 0.3 is 0 Å². The summed E-state index contributed by atoms with van der Waals surface area (Å²) in [5.74, 6) is 0.883. The van der Waals surface area contributed by atoms with Crippen LogP contribution in [-0.2, 0) is 16.0 Å². The molecule has 0 bridgehead atoms. The molecule has 0 spiro atoms. The van der Waals surface area contributed by atoms with Gasteiger partial charge in [0.25, 0.3) is 5.91 Å². The zero-order valence-electron chi connectivity index (χ0n) is 18.6. The van der Waals surface area contributed by atoms with Crippen LogP contribution in [0.3, 0.4) is 0 Å². The Labute approximate surface area is 189 Å². The average molecular weight is 429 g/mol. The topological polar surface area (TPSA) is 51.7 Å². The number of benzene rings is 2. The number of rotatable bonds is 4. The molecule has 3 heterocycles. The van der Waals surface area contributed by atoms with Gasteiger partial charge in [-0.25, -0.2) is 0 Å². The third kappa shape index (κ3) is 3.89. The SMILES string of the molecule is COc1ccc(-c2cc(C)nc([C@H]3CCCN3C(=O)[C@H]3OCCc4ccccc43)c2)cc1. The first kappa shape index (κ1) is 20.7. The van der Waals surface area contributed by atoms with Crippen molar-refractivity contribution in [1.82, 2.24) is 9.88 Å². The maximum atomic E-state index is 13.6. The summed E-state index contributed by atoms with van der Waals surface area (Å²) in [6.45, 7) is 3.33. The van der Waals surface area contributed by atoms with Gasteiger partial charge in [-0.05, 0) is 72.7 Å². The van der Waals surface area contributed by atoms with Crippen molar-refractivity contribution in [1.29, 1.82) is 0 Å². The van der Waals surface area contributed by atoms with E-state index >= 15 is 0 Å². The van der Waals surface area contributed by atoms with Crippen LogP contribution in [0, 0.1) is 6.92 Å². The van der Waals surface area contributed by atoms with Crippen LogP contribution >= 0.6 is 0 Å². The standard InChI is InChI=1S/C27H28N2O3/c1-18-16-21(19-9-11-22(31-2)12-10-19)17-24(28-18)25-8-5-14-29(25)27(30)26-23-7-4-3-6-20(23)13-15-32-26/h3-4,6-7,9-12,16-17,25-26H,5,8,13-15H2,1-2H3/t25-,26+/m1/s1. The van der Waals surface area contributed by atoms with E-state index in [1.54, 1.807) is 7.11 Å². The number of carbonyl (C=O) groups is 1. The Bertz CT molecular complexity index is 1130. The summed E-state index contributed by atoms with van der Waals surface area (Å²) in [5, 5.41) is 0. The minimum atomic E-state index is -0.522. The van der Waals surface area contributed by atoms with Crippen LogP contribution in [0.15, 0.2) is 60.7 Å². The summed E-state index contributed by atoms with van der Waals surface area (Å²) < 4.78 is 11.3. The number of carbonyl (C=O) groups excluding carboxylic acids is 1. The first-order valence-corrected chi connectivity index (χ1v) is 11.3. The molecule has 164 valence electrons. The first-order valence-electron chi connectivity index (χ1n) is 11.3. The normalized spacial score (nSPS) is 20.1. The van der Waals surface area contributed by atoms with Gasteiger partial charge in [0.05, 0.1) is 25.5 Å². The largest absolute Gasteiger partial charge is 0.497 e. The second kappa shape index (κ2) is 8.75. The van der Waals surface area contributed by atoms with E-state index < -0.39 is 6.10 Å². The molecule has 1 amide bonds. The van der Waals surface area contributed by atoms with Gasteiger partial charge in [0.15, 0.2) is 6.10 Å². The molecule has 2 aliphatic rings. The van der Waals surface area contributed by atoms with Gasteiger partial charge in [-0.3, -0.25) is 9.78 Å². The number of pyridine rings is 1. The molecule has 0 saturated carbocycles. The minimum Gasteiger partial charge on any atom is -0.497 e. The number of likely N-dealkylation sites (tertiary alicyclic amines) is 1. The summed E-state index contributed by atoms with van der Waals surface area (Å²) in [4.78, 5) is 20.4. The highest BCUT2D eigenvalue weighted by molar-refractivity contribution is 5.83. The Morgan fingerprint density at radius 1 is 1.09 bits per heavy atom. The zero-order valence-corrected chi connectivity index (χ0v) is 18.6. The predicted octanol–water partition coefficient (Wildman–Crippen LogP) is 5.04. The van der Waals surface area contributed by atoms with Crippen LogP contribution in [0.2, 0.25) is 0 Å². The Kier molecular flexibility index (Phi) is 5.66. The Morgan fingerprint density at radius 3 is 2.72 bits per heavy atom. The van der Waals surface area contributed by atoms with Gasteiger partial charge in [-0.15, -0.1) is 0 Å². The number of methoxy groups -OCH3 is 1. The number of amides is 1. The van der Waals surface area contributed by atoms with Crippen molar-refractivity contribution in [2.75, 3.05) is 20.3 Å². The van der Waals surface area contributed by atoms with Crippen molar-refractivity contribution in [3.63, 3.8) is 0 Å². The zero-order chi connectivity index (χ0) is 22.1. The molecule has 5 nitrogen and oxygen atoms in total. The second-order valence-electron chi connectivity index (χ2n) is 8.54. The maximum Gasteiger partial charge on any atom is 0.256 e. The highest BCUT2D eigenvalue weighted by Gasteiger charge is 2.37. The molecule has 1 saturated heterocycles. The molecular formula is C27H28N2O3. The molecule has 2 aliphatic heterocycles. The molecule has 2 atom stereocenters. The summed E-state index contributed by atoms with van der Waals surface area (Å²) >= 11 is 0. The van der Waals surface area contributed by atoms with E-state index in [2.05, 4.69) is 30.3 Å². The van der Waals surface area contributed by atoms with Crippen molar-refractivity contribution in [3.8, 4) is 16.9 Å². The smallest absolute Gasteiger partial charge is 0.256 e. The number of hydrogen-bond donors (Lipinski definition) is 0. The molecular weight excluding hydrogens is 400 g/mol. The summed E-state index contributed by atoms with van der Waals surface area (Å²) in [6, 6.07) is 20.4. The van der Waals surface area contributed by atoms with Crippen LogP contribution in [0.4, 0.5) is 0 Å². The molecule has 1 fully saturated rings. The third-order valence-electron chi connectivity index (χ3n) is 6.49. The molecule has 5 rings (SSSR count). The van der Waals surface area contributed by atoms with Crippen LogP contribution in [-0.4, -0.2) is 36.1 Å². The predicted molar refractivity (Wildman–Crippen MR) is 123 cm³/mol. The Hall–Kier alpha value is -3.18. The van der Waals surface area contributed by atoms with Gasteiger partial charge in [-0.2, -0.15) is 0 Å². The van der Waals surface area contributed by atoms with E-state index in [9.17, 15) is 4.79 Å². The lowest BCUT2D eigenvalue weighted by atomic mass is 9.96. The highest BCUT2D eigenvalue weighted by Crippen LogP contribution is 2.37. The third-order valence-corrected chi connectivity index (χ3v) is 6.49. The molecule has 1 aromatic heterocycles. The summed E-state index contributed by atoms with van der Waals surface area (Å²) in [5.41, 5.74) is 6.33. The lowest BCUT2D eigenvalue weighted by molar-refractivity contribution is -0.146. The summed E-state index contributed by atoms with van der Waals surface area (Å²) in [7, 11) is 1.67. The van der Waals surface area contributed by atoms with Crippen molar-refractivity contribution in [3.05, 3.63) is 83.2 Å². The number of hydrogen-bond acceptors (Lipinski definition) is 4. The molecule has 32 heavy (non-hydrogen) atoms. The van der Waals surface area contributed by atoms with Crippen molar-refractivity contribution in [2.24, 2.45) is 0 Å². The Balaban J connectivity index is 1.45. The number of fused-ring (bicyclic) bond motifs is 1. The minimum absolute atomic E-state index is 0.0305. The van der Waals surface area contributed by atoms with Crippen molar-refractivity contribution < 1.29 is 14.3 Å². The van der Waals surface area contributed by atoms with Gasteiger partial charge in [0.1, 0.15) is 5.75 Å². The van der Waals surface area contributed by atoms with E-state index in [-0.39, 0.29) is 11.9 Å². The molecule has 3 aromatic rings. The van der Waals surface area contributed by atoms with E-state index in [1.807, 2.05) is 42.2 Å². The molecule has 2 aromatic carbocycles. The monoisotopic (exact) mass is 428 g/mol. The van der Waals surface area contributed by atoms with Gasteiger partial charge < -0.3 is 14.4 Å². The van der Waals surface area contributed by atoms with Crippen LogP contribution < -0.4 is 4.74 Å². The molecule has 0 radical (unpaired) electrons. The number of nitrogens with zero attached hydrogens (tertiary/aromatic N) is 2. The lowest BCUT2D eigenvalue weighted by Crippen LogP contribution is -2.38. The fraction of sp³-hybridized carbons (Fsp3) is 0.333. The maximum absolute atomic E-state index is 13.6. The van der Waals surface area contributed by atoms with Gasteiger partial charge in [0.2, 0.25) is 0 Å². The van der Waals surface area contributed by atoms with E-state index in [1.165, 1.54) is 5.56 Å². The fourth-order valence-corrected chi connectivity index (χ4v) is 4.90. The van der Waals surface area contributed by atoms with Gasteiger partial charge in [0, 0.05) is 12.2 Å². The molecule has 0 N–H and O–H groups in total. The second-order valence-corrected chi connectivity index (χ2v) is 8.54. The van der Waals surface area contributed by atoms with Crippen molar-refractivity contribution >= 4 is 5.91 Å². The summed E-state index contributed by atoms with van der Waals surface area (Å²) in [6.07, 6.45) is 2.22. The average Bonchev–Trinajstić information content (AvgIpc) is 3.33. The van der Waals surface area contributed by atoms with Crippen molar-refractivity contribution in [2.45, 2.75) is 38.3 Å². The molecule has 0 aliphatic carbocycles. The highest BCUT2D eigenvalue weighted by atomic mass is 16.5. The van der Waals surface area contributed by atoms with Crippen LogP contribution in [0.5, 0.6) is 5.75 Å². The van der Waals surface area contributed by atoms with Crippen LogP contribution in [0.1, 0.15) is 47.5 Å². The van der Waals surface area contributed by atoms with E-state index in [4.69, 9.17) is 14.5 Å². The Morgan fingerprint density at radius 2 is 1.91 bits per heavy atom. The molecule has 0 unspecified atom stereocenters.